The van der Waals surface area contributed by atoms with E-state index in [4.69, 9.17) is 0 Å². The van der Waals surface area contributed by atoms with Crippen molar-refractivity contribution in [1.82, 2.24) is 0 Å². The van der Waals surface area contributed by atoms with Gasteiger partial charge in [0.2, 0.25) is 0 Å². The van der Waals surface area contributed by atoms with Crippen molar-refractivity contribution in [2.24, 2.45) is 0 Å². The molecule has 79 heavy (non-hydrogen) atoms. The summed E-state index contributed by atoms with van der Waals surface area (Å²) >= 11 is 0. The number of benzene rings is 13. The van der Waals surface area contributed by atoms with E-state index in [1.165, 1.54) is 0 Å². The van der Waals surface area contributed by atoms with E-state index in [-0.39, 0.29) is 54.4 Å². The van der Waals surface area contributed by atoms with Gasteiger partial charge in [0.1, 0.15) is 0 Å². The van der Waals surface area contributed by atoms with Crippen LogP contribution in [0.1, 0.15) is 179 Å². The van der Waals surface area contributed by atoms with Gasteiger partial charge in [0.25, 0.3) is 0 Å². The number of hydrogen-bond donors (Lipinski definition) is 0. The van der Waals surface area contributed by atoms with Crippen LogP contribution in [-0.4, -0.2) is 0 Å². The van der Waals surface area contributed by atoms with Crippen LogP contribution in [0.4, 0.5) is 0 Å². The molecular weight excluding hydrogens is 949 g/mol. The third kappa shape index (κ3) is 8.12. The zero-order valence-corrected chi connectivity index (χ0v) is 49.9. The van der Waals surface area contributed by atoms with Gasteiger partial charge in [-0.25, -0.2) is 0 Å². The Morgan fingerprint density at radius 3 is 0.835 bits per heavy atom. The molecule has 0 atom stereocenters. The molecule has 0 unspecified atom stereocenters. The van der Waals surface area contributed by atoms with Gasteiger partial charge in [0.05, 0.1) is 15.1 Å². The number of aryl methyl sites for hydroxylation is 1. The molecule has 0 radical (unpaired) electrons. The van der Waals surface area contributed by atoms with Gasteiger partial charge in [-0.1, -0.05) is 209 Å². The maximum atomic E-state index is 10.7. The Balaban J connectivity index is 1.33. The van der Waals surface area contributed by atoms with Gasteiger partial charge >= 0.3 is 0 Å². The minimum absolute atomic E-state index is 0.170. The largest absolute Gasteiger partial charge is 0.0633 e. The van der Waals surface area contributed by atoms with Crippen LogP contribution >= 0.6 is 0 Å². The molecule has 0 aliphatic rings. The molecule has 13 rings (SSSR count). The standard InChI is InChI=1S/C79H80/c1-43-60-25-24-46-31-57(76(8,9)10)36-54-39-63(66(73(60)70(46)54)42-67(43)79(17,18)19)51-27-49(61-37-52-34-55(74(2,3)4)29-44-20-22-47-32-58(77(11,12)13)40-64(61)71(47)68(44)52)26-50(28-51)62-38-53-35-56(75(5,6)7)30-45-21-23-48-33-59(78(14,15)16)41-65(62)72(48)69(45)53/h20-42H,1-19H3/i29D,30D,31D,32D,33D,34D,35D,36D,40D,41D,42D. The molecule has 0 heterocycles. The van der Waals surface area contributed by atoms with Crippen molar-refractivity contribution in [2.75, 3.05) is 0 Å². The first-order valence-electron chi connectivity index (χ1n) is 33.9. The maximum absolute atomic E-state index is 10.7. The molecule has 0 saturated heterocycles. The van der Waals surface area contributed by atoms with Crippen LogP contribution in [-0.2, 0) is 32.5 Å². The first-order chi connectivity index (χ1) is 41.5. The van der Waals surface area contributed by atoms with E-state index < -0.39 is 32.5 Å². The predicted octanol–water partition coefficient (Wildman–Crippen LogP) is 23.5. The summed E-state index contributed by atoms with van der Waals surface area (Å²) in [5.41, 5.74) is 4.94. The summed E-state index contributed by atoms with van der Waals surface area (Å²) in [6.07, 6.45) is 0. The predicted molar refractivity (Wildman–Crippen MR) is 351 cm³/mol. The highest BCUT2D eigenvalue weighted by atomic mass is 14.3. The minimum atomic E-state index is -0.666. The van der Waals surface area contributed by atoms with Crippen molar-refractivity contribution in [3.63, 3.8) is 0 Å². The van der Waals surface area contributed by atoms with Crippen molar-refractivity contribution in [3.05, 3.63) is 178 Å². The second kappa shape index (κ2) is 16.5. The molecule has 0 aliphatic heterocycles. The monoisotopic (exact) mass is 1040 g/mol. The van der Waals surface area contributed by atoms with E-state index in [0.29, 0.717) is 154 Å². The van der Waals surface area contributed by atoms with Crippen LogP contribution in [0.15, 0.2) is 139 Å². The quantitative estimate of drug-likeness (QED) is 0.155. The summed E-state index contributed by atoms with van der Waals surface area (Å²) in [5, 5.41) is 11.9. The lowest BCUT2D eigenvalue weighted by Crippen LogP contribution is -2.14. The highest BCUT2D eigenvalue weighted by Gasteiger charge is 2.28. The van der Waals surface area contributed by atoms with E-state index in [1.807, 2.05) is 146 Å². The SMILES string of the molecule is [2H]c1c(C(C)(C)C)c([2H])c2cc(-c3cc(-c4cc5c([2H])c(C(C)(C)C)c([2H])c6ccc7c([2H])c(C(C)(C)C)c([2H])c4c7c65)cc(-c4cc5c([2H])c(C(C)(C)C)c([2H])c6ccc7c(C)c(C(C)(C)C)c([2H])c4c7c65)c3)c3c([2H])c(C(C)(C)C)c([2H])c4ccc1c2c43. The smallest absolute Gasteiger partial charge is 0.0561 e. The molecule has 0 nitrogen and oxygen atoms in total. The Hall–Kier alpha value is -7.02. The Bertz CT molecular complexity index is 4810. The van der Waals surface area contributed by atoms with Gasteiger partial charge in [-0.2, -0.15) is 0 Å². The molecular formula is C79H80. The van der Waals surface area contributed by atoms with Gasteiger partial charge in [-0.3, -0.25) is 0 Å². The second-order valence-electron chi connectivity index (χ2n) is 29.3. The fraction of sp³-hybridized carbons (Fsp3) is 0.316. The second-order valence-corrected chi connectivity index (χ2v) is 29.3. The molecule has 396 valence electrons. The third-order valence-corrected chi connectivity index (χ3v) is 16.8. The van der Waals surface area contributed by atoms with E-state index in [9.17, 15) is 15.1 Å². The van der Waals surface area contributed by atoms with Crippen LogP contribution in [0.3, 0.4) is 0 Å². The lowest BCUT2D eigenvalue weighted by Gasteiger charge is -2.27. The molecule has 0 fully saturated rings. The fourth-order valence-corrected chi connectivity index (χ4v) is 12.5. The van der Waals surface area contributed by atoms with E-state index in [1.54, 1.807) is 0 Å². The van der Waals surface area contributed by atoms with E-state index in [0.717, 1.165) is 27.3 Å². The average molecular weight is 1040 g/mol. The van der Waals surface area contributed by atoms with Crippen LogP contribution < -0.4 is 0 Å². The summed E-state index contributed by atoms with van der Waals surface area (Å²) in [6, 6.07) is 26.8. The average Bonchev–Trinajstić information content (AvgIpc) is 0.708. The number of hydrogen-bond acceptors (Lipinski definition) is 0. The molecule has 0 saturated carbocycles. The maximum Gasteiger partial charge on any atom is 0.0633 e. The molecule has 0 aliphatic carbocycles. The third-order valence-electron chi connectivity index (χ3n) is 16.8. The summed E-state index contributed by atoms with van der Waals surface area (Å²) in [6.45, 7) is 38.9. The van der Waals surface area contributed by atoms with Crippen molar-refractivity contribution in [3.8, 4) is 33.4 Å². The molecule has 0 heteroatoms. The van der Waals surface area contributed by atoms with Crippen molar-refractivity contribution < 1.29 is 15.1 Å². The lowest BCUT2D eigenvalue weighted by molar-refractivity contribution is 0.588. The normalized spacial score (nSPS) is 15.7. The van der Waals surface area contributed by atoms with Gasteiger partial charge in [0, 0.05) is 0 Å². The van der Waals surface area contributed by atoms with Crippen LogP contribution in [0.25, 0.3) is 130 Å². The van der Waals surface area contributed by atoms with E-state index in [2.05, 4.69) is 58.0 Å². The summed E-state index contributed by atoms with van der Waals surface area (Å²) in [5.74, 6) is 0. The van der Waals surface area contributed by atoms with E-state index >= 15 is 0 Å². The van der Waals surface area contributed by atoms with Crippen molar-refractivity contribution in [1.29, 1.82) is 0 Å². The summed E-state index contributed by atoms with van der Waals surface area (Å²) in [7, 11) is 0. The topological polar surface area (TPSA) is 0 Å². The number of rotatable bonds is 3. The Morgan fingerprint density at radius 1 is 0.253 bits per heavy atom. The molecule has 0 bridgehead atoms. The lowest BCUT2D eigenvalue weighted by atomic mass is 9.77. The van der Waals surface area contributed by atoms with Gasteiger partial charge in [0.15, 0.2) is 0 Å². The van der Waals surface area contributed by atoms with Crippen LogP contribution in [0.2, 0.25) is 0 Å². The molecule has 13 aromatic rings. The molecule has 0 spiro atoms. The van der Waals surface area contributed by atoms with Gasteiger partial charge < -0.3 is 0 Å². The van der Waals surface area contributed by atoms with Crippen LogP contribution in [0.5, 0.6) is 0 Å². The Labute approximate surface area is 485 Å². The zero-order chi connectivity index (χ0) is 65.7. The molecule has 0 N–H and O–H groups in total. The summed E-state index contributed by atoms with van der Waals surface area (Å²) < 4.78 is 112. The highest BCUT2D eigenvalue weighted by molar-refractivity contribution is 6.30. The van der Waals surface area contributed by atoms with Gasteiger partial charge in [-0.15, -0.1) is 0 Å². The molecule has 0 amide bonds. The van der Waals surface area contributed by atoms with Crippen LogP contribution in [0, 0.1) is 6.92 Å². The Morgan fingerprint density at radius 2 is 0.519 bits per heavy atom. The Kier molecular flexibility index (Phi) is 8.42. The van der Waals surface area contributed by atoms with Gasteiger partial charge in [-0.05, 0) is 263 Å². The molecule has 0 aromatic heterocycles. The fourth-order valence-electron chi connectivity index (χ4n) is 12.5. The minimum Gasteiger partial charge on any atom is -0.0561 e. The zero-order valence-electron chi connectivity index (χ0n) is 60.9. The highest BCUT2D eigenvalue weighted by Crippen LogP contribution is 2.51. The first-order valence-corrected chi connectivity index (χ1v) is 28.4. The van der Waals surface area contributed by atoms with Crippen molar-refractivity contribution in [2.45, 2.75) is 164 Å². The summed E-state index contributed by atoms with van der Waals surface area (Å²) in [4.78, 5) is 0. The molecule has 13 aromatic carbocycles. The van der Waals surface area contributed by atoms with Crippen molar-refractivity contribution >= 4 is 97.0 Å². The first kappa shape index (κ1) is 40.2.